The molecular formula is C8H15Cl3. The molecule has 3 heteroatoms. The summed E-state index contributed by atoms with van der Waals surface area (Å²) >= 11 is 17.5. The second-order valence-electron chi connectivity index (χ2n) is 2.70. The fourth-order valence-electron chi connectivity index (χ4n) is 0.945. The molecule has 11 heavy (non-hydrogen) atoms. The van der Waals surface area contributed by atoms with Gasteiger partial charge in [-0.05, 0) is 19.3 Å². The summed E-state index contributed by atoms with van der Waals surface area (Å²) in [6.45, 7) is 2.13. The molecule has 2 unspecified atom stereocenters. The number of halogens is 3. The summed E-state index contributed by atoms with van der Waals surface area (Å²) in [4.78, 5) is 0. The highest BCUT2D eigenvalue weighted by molar-refractivity contribution is 6.24. The average Bonchev–Trinajstić information content (AvgIpc) is 1.87. The first kappa shape index (κ1) is 11.9. The smallest absolute Gasteiger partial charge is 0.0361 e. The highest BCUT2D eigenvalue weighted by Gasteiger charge is 2.10. The van der Waals surface area contributed by atoms with Crippen molar-refractivity contribution in [3.63, 3.8) is 0 Å². The van der Waals surface area contributed by atoms with Crippen LogP contribution in [0.2, 0.25) is 0 Å². The molecule has 0 aliphatic rings. The van der Waals surface area contributed by atoms with Crippen LogP contribution in [0.25, 0.3) is 0 Å². The van der Waals surface area contributed by atoms with Crippen molar-refractivity contribution in [3.05, 3.63) is 0 Å². The van der Waals surface area contributed by atoms with Gasteiger partial charge in [-0.1, -0.05) is 13.3 Å². The summed E-state index contributed by atoms with van der Waals surface area (Å²) in [5, 5.41) is 0.382. The fraction of sp³-hybridized carbons (Fsp3) is 1.00. The molecule has 0 amide bonds. The van der Waals surface area contributed by atoms with E-state index in [1.165, 1.54) is 0 Å². The Labute approximate surface area is 84.2 Å². The van der Waals surface area contributed by atoms with Crippen LogP contribution in [0.15, 0.2) is 0 Å². The van der Waals surface area contributed by atoms with Gasteiger partial charge >= 0.3 is 0 Å². The molecule has 0 nitrogen and oxygen atoms in total. The molecule has 0 saturated heterocycles. The van der Waals surface area contributed by atoms with E-state index in [2.05, 4.69) is 6.92 Å². The zero-order chi connectivity index (χ0) is 8.69. The summed E-state index contributed by atoms with van der Waals surface area (Å²) in [6.07, 6.45) is 3.91. The Morgan fingerprint density at radius 1 is 1.09 bits per heavy atom. The highest BCUT2D eigenvalue weighted by Crippen LogP contribution is 2.18. The van der Waals surface area contributed by atoms with Gasteiger partial charge in [0, 0.05) is 16.6 Å². The first-order valence-electron chi connectivity index (χ1n) is 4.04. The van der Waals surface area contributed by atoms with Crippen LogP contribution in [0.3, 0.4) is 0 Å². The Morgan fingerprint density at radius 3 is 2.09 bits per heavy atom. The van der Waals surface area contributed by atoms with Crippen LogP contribution in [0.1, 0.15) is 32.6 Å². The maximum absolute atomic E-state index is 5.98. The minimum atomic E-state index is 0.154. The van der Waals surface area contributed by atoms with Crippen molar-refractivity contribution >= 4 is 34.8 Å². The van der Waals surface area contributed by atoms with Crippen molar-refractivity contribution in [2.24, 2.45) is 0 Å². The Balaban J connectivity index is 3.32. The van der Waals surface area contributed by atoms with Crippen molar-refractivity contribution in [2.45, 2.75) is 43.4 Å². The molecule has 0 aliphatic carbocycles. The second-order valence-corrected chi connectivity index (χ2v) is 4.31. The van der Waals surface area contributed by atoms with Crippen LogP contribution in [0.5, 0.6) is 0 Å². The molecule has 0 aromatic carbocycles. The Hall–Kier alpha value is 0.870. The van der Waals surface area contributed by atoms with Gasteiger partial charge in [0.25, 0.3) is 0 Å². The van der Waals surface area contributed by atoms with Gasteiger partial charge in [0.15, 0.2) is 0 Å². The minimum Gasteiger partial charge on any atom is -0.127 e. The van der Waals surface area contributed by atoms with Gasteiger partial charge in [-0.2, -0.15) is 0 Å². The van der Waals surface area contributed by atoms with E-state index in [9.17, 15) is 0 Å². The van der Waals surface area contributed by atoms with Gasteiger partial charge in [0.2, 0.25) is 0 Å². The predicted octanol–water partition coefficient (Wildman–Crippen LogP) is 4.02. The van der Waals surface area contributed by atoms with Crippen LogP contribution in [-0.4, -0.2) is 16.6 Å². The topological polar surface area (TPSA) is 0 Å². The predicted molar refractivity (Wildman–Crippen MR) is 54.1 cm³/mol. The van der Waals surface area contributed by atoms with E-state index in [-0.39, 0.29) is 10.8 Å². The van der Waals surface area contributed by atoms with Gasteiger partial charge < -0.3 is 0 Å². The lowest BCUT2D eigenvalue weighted by Gasteiger charge is -2.11. The van der Waals surface area contributed by atoms with Crippen molar-refractivity contribution in [1.82, 2.24) is 0 Å². The lowest BCUT2D eigenvalue weighted by atomic mass is 10.1. The number of hydrogen-bond donors (Lipinski definition) is 0. The molecule has 0 aliphatic heterocycles. The molecule has 0 rings (SSSR count). The monoisotopic (exact) mass is 216 g/mol. The maximum atomic E-state index is 5.98. The molecule has 2 atom stereocenters. The first-order valence-corrected chi connectivity index (χ1v) is 5.45. The van der Waals surface area contributed by atoms with Gasteiger partial charge in [-0.3, -0.25) is 0 Å². The SMILES string of the molecule is CCCC(Cl)CC(Cl)CCCl. The molecule has 0 aromatic rings. The van der Waals surface area contributed by atoms with Crippen LogP contribution in [0, 0.1) is 0 Å². The minimum absolute atomic E-state index is 0.154. The Kier molecular flexibility index (Phi) is 8.11. The standard InChI is InChI=1S/C8H15Cl3/c1-2-3-7(10)6-8(11)4-5-9/h7-8H,2-6H2,1H3. The fourth-order valence-corrected chi connectivity index (χ4v) is 2.17. The van der Waals surface area contributed by atoms with Crippen LogP contribution in [0.4, 0.5) is 0 Å². The van der Waals surface area contributed by atoms with E-state index in [1.807, 2.05) is 0 Å². The molecule has 0 heterocycles. The summed E-state index contributed by atoms with van der Waals surface area (Å²) in [7, 11) is 0. The Morgan fingerprint density at radius 2 is 1.64 bits per heavy atom. The maximum Gasteiger partial charge on any atom is 0.0361 e. The summed E-state index contributed by atoms with van der Waals surface area (Å²) in [6, 6.07) is 0. The van der Waals surface area contributed by atoms with Crippen LogP contribution < -0.4 is 0 Å². The number of rotatable bonds is 6. The van der Waals surface area contributed by atoms with E-state index in [4.69, 9.17) is 34.8 Å². The lowest BCUT2D eigenvalue weighted by molar-refractivity contribution is 0.640. The van der Waals surface area contributed by atoms with E-state index in [0.29, 0.717) is 5.88 Å². The van der Waals surface area contributed by atoms with Crippen LogP contribution in [-0.2, 0) is 0 Å². The van der Waals surface area contributed by atoms with Crippen LogP contribution >= 0.6 is 34.8 Å². The van der Waals surface area contributed by atoms with Gasteiger partial charge in [-0.15, -0.1) is 34.8 Å². The first-order chi connectivity index (χ1) is 5.20. The molecule has 0 N–H and O–H groups in total. The molecule has 0 bridgehead atoms. The molecular weight excluding hydrogens is 202 g/mol. The van der Waals surface area contributed by atoms with Crippen molar-refractivity contribution in [3.8, 4) is 0 Å². The molecule has 0 radical (unpaired) electrons. The lowest BCUT2D eigenvalue weighted by Crippen LogP contribution is -2.08. The third-order valence-corrected chi connectivity index (χ3v) is 2.55. The quantitative estimate of drug-likeness (QED) is 0.590. The molecule has 0 saturated carbocycles. The summed E-state index contributed by atoms with van der Waals surface area (Å²) in [5.74, 6) is 0.629. The zero-order valence-corrected chi connectivity index (χ0v) is 9.09. The summed E-state index contributed by atoms with van der Waals surface area (Å²) < 4.78 is 0. The largest absolute Gasteiger partial charge is 0.127 e. The summed E-state index contributed by atoms with van der Waals surface area (Å²) in [5.41, 5.74) is 0. The molecule has 0 fully saturated rings. The van der Waals surface area contributed by atoms with E-state index in [0.717, 1.165) is 25.7 Å². The van der Waals surface area contributed by atoms with Crippen molar-refractivity contribution < 1.29 is 0 Å². The van der Waals surface area contributed by atoms with Crippen molar-refractivity contribution in [2.75, 3.05) is 5.88 Å². The third-order valence-electron chi connectivity index (χ3n) is 1.54. The molecule has 0 spiro atoms. The normalized spacial score (nSPS) is 16.4. The van der Waals surface area contributed by atoms with E-state index in [1.54, 1.807) is 0 Å². The Bertz CT molecular complexity index is 75.4. The van der Waals surface area contributed by atoms with Gasteiger partial charge in [0.05, 0.1) is 0 Å². The van der Waals surface area contributed by atoms with E-state index >= 15 is 0 Å². The van der Waals surface area contributed by atoms with Crippen molar-refractivity contribution in [1.29, 1.82) is 0 Å². The molecule has 0 aromatic heterocycles. The molecule has 68 valence electrons. The number of alkyl halides is 3. The zero-order valence-electron chi connectivity index (χ0n) is 6.82. The second kappa shape index (κ2) is 7.52. The van der Waals surface area contributed by atoms with Gasteiger partial charge in [0.1, 0.15) is 0 Å². The number of hydrogen-bond acceptors (Lipinski definition) is 0. The van der Waals surface area contributed by atoms with E-state index < -0.39 is 0 Å². The van der Waals surface area contributed by atoms with Gasteiger partial charge in [-0.25, -0.2) is 0 Å². The highest BCUT2D eigenvalue weighted by atomic mass is 35.5. The third kappa shape index (κ3) is 7.24. The average molecular weight is 218 g/mol.